The maximum absolute atomic E-state index is 10.8. The third-order valence-electron chi connectivity index (χ3n) is 3.09. The van der Waals surface area contributed by atoms with E-state index in [1.54, 1.807) is 12.1 Å². The van der Waals surface area contributed by atoms with Crippen molar-refractivity contribution in [1.29, 1.82) is 5.26 Å². The minimum absolute atomic E-state index is 0.0910. The van der Waals surface area contributed by atoms with E-state index in [1.165, 1.54) is 22.2 Å². The zero-order valence-corrected chi connectivity index (χ0v) is 12.6. The lowest BCUT2D eigenvalue weighted by molar-refractivity contribution is 0.0690. The van der Waals surface area contributed by atoms with Gasteiger partial charge in [-0.2, -0.15) is 9.35 Å². The van der Waals surface area contributed by atoms with Crippen LogP contribution in [0.15, 0.2) is 59.6 Å². The van der Waals surface area contributed by atoms with Gasteiger partial charge in [-0.25, -0.2) is 4.79 Å². The highest BCUT2D eigenvalue weighted by atomic mass is 32.2. The molecule has 1 heterocycles. The van der Waals surface area contributed by atoms with Crippen LogP contribution in [0.25, 0.3) is 11.1 Å². The maximum atomic E-state index is 10.8. The van der Waals surface area contributed by atoms with Crippen LogP contribution in [0.3, 0.4) is 0 Å². The Morgan fingerprint density at radius 2 is 1.70 bits per heavy atom. The number of benzene rings is 2. The number of aromatic nitrogens is 3. The van der Waals surface area contributed by atoms with Gasteiger partial charge in [0.1, 0.15) is 0 Å². The number of carboxylic acids is 1. The minimum atomic E-state index is -1.10. The molecule has 0 aliphatic heterocycles. The smallest absolute Gasteiger partial charge is 0.358 e. The lowest BCUT2D eigenvalue weighted by Crippen LogP contribution is -1.95. The number of hydrogen-bond acceptors (Lipinski definition) is 5. The van der Waals surface area contributed by atoms with Crippen molar-refractivity contribution in [2.45, 2.75) is 4.90 Å². The van der Waals surface area contributed by atoms with Gasteiger partial charge in [-0.3, -0.25) is 0 Å². The van der Waals surface area contributed by atoms with Crippen molar-refractivity contribution in [3.8, 4) is 17.2 Å². The summed E-state index contributed by atoms with van der Waals surface area (Å²) in [7, 11) is 0. The van der Waals surface area contributed by atoms with Crippen LogP contribution in [0.2, 0.25) is 0 Å². The average molecular weight is 322 g/mol. The monoisotopic (exact) mass is 322 g/mol. The fourth-order valence-electron chi connectivity index (χ4n) is 1.94. The number of nitrogens with zero attached hydrogens (tertiary/aromatic N) is 4. The minimum Gasteiger partial charge on any atom is -0.476 e. The van der Waals surface area contributed by atoms with Crippen molar-refractivity contribution in [3.05, 3.63) is 66.0 Å². The van der Waals surface area contributed by atoms with Crippen molar-refractivity contribution in [1.82, 2.24) is 14.4 Å². The van der Waals surface area contributed by atoms with Crippen LogP contribution in [0.5, 0.6) is 0 Å². The summed E-state index contributed by atoms with van der Waals surface area (Å²) in [5.74, 6) is -1.10. The molecule has 0 unspecified atom stereocenters. The normalized spacial score (nSPS) is 10.2. The second-order valence-corrected chi connectivity index (χ2v) is 5.64. The van der Waals surface area contributed by atoms with Gasteiger partial charge < -0.3 is 5.11 Å². The summed E-state index contributed by atoms with van der Waals surface area (Å²) in [6.45, 7) is 0. The zero-order chi connectivity index (χ0) is 16.2. The zero-order valence-electron chi connectivity index (χ0n) is 11.7. The molecule has 0 fully saturated rings. The molecule has 0 spiro atoms. The quantitative estimate of drug-likeness (QED) is 0.793. The molecule has 0 aliphatic rings. The third kappa shape index (κ3) is 3.39. The van der Waals surface area contributed by atoms with Crippen molar-refractivity contribution in [2.24, 2.45) is 0 Å². The van der Waals surface area contributed by atoms with Gasteiger partial charge in [-0.15, -0.1) is 5.10 Å². The Hall–Kier alpha value is -3.11. The van der Waals surface area contributed by atoms with Crippen LogP contribution >= 0.6 is 11.9 Å². The third-order valence-corrected chi connectivity index (χ3v) is 3.94. The second kappa shape index (κ2) is 6.34. The Balaban J connectivity index is 1.75. The standard InChI is InChI=1S/C16H10N4O2S/c17-9-11-1-3-12(4-2-11)13-5-7-14(8-6-13)23-20-10-15(16(21)22)18-19-20/h1-8,10H,(H,21,22). The maximum Gasteiger partial charge on any atom is 0.358 e. The highest BCUT2D eigenvalue weighted by Crippen LogP contribution is 2.25. The van der Waals surface area contributed by atoms with E-state index in [1.807, 2.05) is 36.4 Å². The molecule has 112 valence electrons. The molecule has 3 aromatic rings. The Labute approximate surface area is 136 Å². The number of carbonyl (C=O) groups is 1. The Kier molecular flexibility index (Phi) is 4.08. The van der Waals surface area contributed by atoms with Gasteiger partial charge in [-0.1, -0.05) is 29.5 Å². The molecule has 0 saturated carbocycles. The van der Waals surface area contributed by atoms with Crippen molar-refractivity contribution < 1.29 is 9.90 Å². The van der Waals surface area contributed by atoms with Crippen LogP contribution in [0.1, 0.15) is 16.1 Å². The van der Waals surface area contributed by atoms with Crippen molar-refractivity contribution >= 4 is 17.9 Å². The Morgan fingerprint density at radius 1 is 1.09 bits per heavy atom. The summed E-state index contributed by atoms with van der Waals surface area (Å²) in [4.78, 5) is 11.7. The topological polar surface area (TPSA) is 91.8 Å². The molecule has 0 radical (unpaired) electrons. The van der Waals surface area contributed by atoms with E-state index in [2.05, 4.69) is 16.4 Å². The highest BCUT2D eigenvalue weighted by Gasteiger charge is 2.09. The predicted octanol–water partition coefficient (Wildman–Crippen LogP) is 3.07. The van der Waals surface area contributed by atoms with Crippen LogP contribution in [0, 0.1) is 11.3 Å². The molecule has 6 nitrogen and oxygen atoms in total. The van der Waals surface area contributed by atoms with Gasteiger partial charge in [-0.05, 0) is 35.4 Å². The summed E-state index contributed by atoms with van der Waals surface area (Å²) in [5, 5.41) is 24.9. The summed E-state index contributed by atoms with van der Waals surface area (Å²) in [5.41, 5.74) is 2.59. The van der Waals surface area contributed by atoms with Crippen LogP contribution in [-0.2, 0) is 0 Å². The molecule has 0 aliphatic carbocycles. The largest absolute Gasteiger partial charge is 0.476 e. The first-order valence-electron chi connectivity index (χ1n) is 6.60. The molecular formula is C16H10N4O2S. The highest BCUT2D eigenvalue weighted by molar-refractivity contribution is 7.97. The van der Waals surface area contributed by atoms with Gasteiger partial charge in [0.15, 0.2) is 5.69 Å². The first-order chi connectivity index (χ1) is 11.2. The van der Waals surface area contributed by atoms with Crippen molar-refractivity contribution in [2.75, 3.05) is 0 Å². The second-order valence-electron chi connectivity index (χ2n) is 4.62. The number of hydrogen-bond donors (Lipinski definition) is 1. The fraction of sp³-hybridized carbons (Fsp3) is 0. The molecule has 3 rings (SSSR count). The molecule has 0 saturated heterocycles. The first-order valence-corrected chi connectivity index (χ1v) is 7.37. The molecule has 0 atom stereocenters. The fourth-order valence-corrected chi connectivity index (χ4v) is 2.64. The van der Waals surface area contributed by atoms with Gasteiger partial charge in [0.2, 0.25) is 0 Å². The summed E-state index contributed by atoms with van der Waals surface area (Å²) >= 11 is 1.27. The van der Waals surface area contributed by atoms with E-state index in [0.717, 1.165) is 16.0 Å². The SMILES string of the molecule is N#Cc1ccc(-c2ccc(Sn3cc(C(=O)O)nn3)cc2)cc1. The first kappa shape index (κ1) is 14.8. The summed E-state index contributed by atoms with van der Waals surface area (Å²) in [6, 6.07) is 17.2. The van der Waals surface area contributed by atoms with Gasteiger partial charge in [0, 0.05) is 16.8 Å². The number of rotatable bonds is 4. The summed E-state index contributed by atoms with van der Waals surface area (Å²) < 4.78 is 1.40. The number of aromatic carboxylic acids is 1. The lowest BCUT2D eigenvalue weighted by atomic mass is 10.0. The van der Waals surface area contributed by atoms with Crippen LogP contribution < -0.4 is 0 Å². The summed E-state index contributed by atoms with van der Waals surface area (Å²) in [6.07, 6.45) is 1.36. The van der Waals surface area contributed by atoms with E-state index in [9.17, 15) is 4.79 Å². The van der Waals surface area contributed by atoms with E-state index in [4.69, 9.17) is 10.4 Å². The Bertz CT molecular complexity index is 880. The molecule has 1 N–H and O–H groups in total. The van der Waals surface area contributed by atoms with E-state index < -0.39 is 5.97 Å². The van der Waals surface area contributed by atoms with Crippen LogP contribution in [0.4, 0.5) is 0 Å². The molecule has 2 aromatic carbocycles. The molecule has 0 bridgehead atoms. The molecule has 1 aromatic heterocycles. The van der Waals surface area contributed by atoms with Gasteiger partial charge in [0.25, 0.3) is 0 Å². The molecule has 23 heavy (non-hydrogen) atoms. The lowest BCUT2D eigenvalue weighted by Gasteiger charge is -2.04. The van der Waals surface area contributed by atoms with Crippen LogP contribution in [-0.4, -0.2) is 25.5 Å². The van der Waals surface area contributed by atoms with Crippen molar-refractivity contribution in [3.63, 3.8) is 0 Å². The van der Waals surface area contributed by atoms with E-state index >= 15 is 0 Å². The van der Waals surface area contributed by atoms with Gasteiger partial charge in [0.05, 0.1) is 17.8 Å². The van der Waals surface area contributed by atoms with E-state index in [-0.39, 0.29) is 5.69 Å². The average Bonchev–Trinajstić information content (AvgIpc) is 3.04. The molecule has 7 heteroatoms. The number of nitriles is 1. The van der Waals surface area contributed by atoms with Gasteiger partial charge >= 0.3 is 5.97 Å². The van der Waals surface area contributed by atoms with E-state index in [0.29, 0.717) is 5.56 Å². The Morgan fingerprint density at radius 3 is 2.22 bits per heavy atom. The molecule has 0 amide bonds. The molecular weight excluding hydrogens is 312 g/mol. The number of carboxylic acid groups (broad SMARTS) is 1. The predicted molar refractivity (Wildman–Crippen MR) is 84.8 cm³/mol.